The molecule has 2 fully saturated rings. The molecule has 4 heterocycles. The quantitative estimate of drug-likeness (QED) is 0.795. The van der Waals surface area contributed by atoms with Crippen LogP contribution in [0.3, 0.4) is 0 Å². The van der Waals surface area contributed by atoms with Gasteiger partial charge in [-0.3, -0.25) is 14.9 Å². The number of nitrogens with zero attached hydrogens (tertiary/aromatic N) is 4. The smallest absolute Gasteiger partial charge is 0.232 e. The number of rotatable bonds is 6. The van der Waals surface area contributed by atoms with Crippen LogP contribution in [0.4, 0.5) is 0 Å². The summed E-state index contributed by atoms with van der Waals surface area (Å²) in [5.41, 5.74) is 2.05. The molecule has 2 aliphatic rings. The van der Waals surface area contributed by atoms with Crippen LogP contribution in [-0.4, -0.2) is 51.8 Å². The molecule has 6 nitrogen and oxygen atoms in total. The van der Waals surface area contributed by atoms with Gasteiger partial charge >= 0.3 is 0 Å². The van der Waals surface area contributed by atoms with Gasteiger partial charge in [0.2, 0.25) is 5.88 Å². The van der Waals surface area contributed by atoms with Crippen molar-refractivity contribution in [1.29, 1.82) is 0 Å². The summed E-state index contributed by atoms with van der Waals surface area (Å²) < 4.78 is 11.9. The number of ether oxygens (including phenoxy) is 2. The Bertz CT molecular complexity index is 719. The zero-order valence-electron chi connectivity index (χ0n) is 15.3. The van der Waals surface area contributed by atoms with E-state index in [1.165, 1.54) is 0 Å². The Morgan fingerprint density at radius 1 is 1.31 bits per heavy atom. The first kappa shape index (κ1) is 17.4. The van der Waals surface area contributed by atoms with Crippen LogP contribution in [0.15, 0.2) is 36.8 Å². The molecule has 2 aliphatic heterocycles. The molecule has 2 aromatic heterocycles. The summed E-state index contributed by atoms with van der Waals surface area (Å²) in [7, 11) is 0. The van der Waals surface area contributed by atoms with E-state index in [9.17, 15) is 0 Å². The first-order valence-corrected chi connectivity index (χ1v) is 9.38. The van der Waals surface area contributed by atoms with Crippen molar-refractivity contribution in [2.24, 2.45) is 5.92 Å². The highest BCUT2D eigenvalue weighted by Gasteiger charge is 2.47. The highest BCUT2D eigenvalue weighted by atomic mass is 16.5. The van der Waals surface area contributed by atoms with Gasteiger partial charge in [0.25, 0.3) is 0 Å². The van der Waals surface area contributed by atoms with Gasteiger partial charge in [0.05, 0.1) is 29.8 Å². The van der Waals surface area contributed by atoms with E-state index in [0.29, 0.717) is 18.4 Å². The largest absolute Gasteiger partial charge is 0.477 e. The van der Waals surface area contributed by atoms with Crippen molar-refractivity contribution < 1.29 is 9.47 Å². The van der Waals surface area contributed by atoms with E-state index in [0.717, 1.165) is 56.9 Å². The van der Waals surface area contributed by atoms with E-state index in [-0.39, 0.29) is 5.60 Å². The predicted molar refractivity (Wildman–Crippen MR) is 97.8 cm³/mol. The van der Waals surface area contributed by atoms with Gasteiger partial charge in [0, 0.05) is 38.6 Å². The number of hydrogen-bond donors (Lipinski definition) is 0. The number of aryl methyl sites for hydroxylation is 1. The molecule has 0 unspecified atom stereocenters. The van der Waals surface area contributed by atoms with E-state index in [4.69, 9.17) is 9.47 Å². The fourth-order valence-corrected chi connectivity index (χ4v) is 4.04. The Morgan fingerprint density at radius 3 is 3.04 bits per heavy atom. The maximum absolute atomic E-state index is 6.15. The van der Waals surface area contributed by atoms with Crippen LogP contribution in [-0.2, 0) is 11.3 Å². The molecule has 6 heteroatoms. The number of pyridine rings is 1. The molecule has 0 saturated carbocycles. The van der Waals surface area contributed by atoms with Gasteiger partial charge in [0.15, 0.2) is 0 Å². The molecule has 4 rings (SSSR count). The minimum Gasteiger partial charge on any atom is -0.477 e. The first-order chi connectivity index (χ1) is 12.7. The number of likely N-dealkylation sites (tertiary alicyclic amines) is 1. The molecular formula is C20H26N4O2. The third-order valence-electron chi connectivity index (χ3n) is 5.24. The van der Waals surface area contributed by atoms with E-state index >= 15 is 0 Å². The molecule has 2 saturated heterocycles. The molecule has 1 spiro atoms. The third-order valence-corrected chi connectivity index (χ3v) is 5.24. The minimum atomic E-state index is 0.0425. The Morgan fingerprint density at radius 2 is 2.23 bits per heavy atom. The van der Waals surface area contributed by atoms with Gasteiger partial charge in [-0.1, -0.05) is 6.07 Å². The summed E-state index contributed by atoms with van der Waals surface area (Å²) in [6, 6.07) is 6.09. The summed E-state index contributed by atoms with van der Waals surface area (Å²) in [4.78, 5) is 15.3. The van der Waals surface area contributed by atoms with Crippen LogP contribution in [0.2, 0.25) is 0 Å². The lowest BCUT2D eigenvalue weighted by Crippen LogP contribution is -2.64. The van der Waals surface area contributed by atoms with Crippen molar-refractivity contribution in [2.75, 3.05) is 26.3 Å². The highest BCUT2D eigenvalue weighted by molar-refractivity contribution is 5.08. The monoisotopic (exact) mass is 354 g/mol. The Labute approximate surface area is 154 Å². The van der Waals surface area contributed by atoms with Gasteiger partial charge in [-0.05, 0) is 44.2 Å². The molecule has 0 N–H and O–H groups in total. The fraction of sp³-hybridized carbons (Fsp3) is 0.550. The summed E-state index contributed by atoms with van der Waals surface area (Å²) in [6.45, 7) is 6.39. The Kier molecular flexibility index (Phi) is 5.13. The molecule has 0 aromatic carbocycles. The van der Waals surface area contributed by atoms with Gasteiger partial charge in [-0.2, -0.15) is 0 Å². The standard InChI is InChI=1S/C20H26N4O2/c1-16-11-21-12-19(23-16)25-8-5-17-6-9-26-20(10-17)14-24(15-20)13-18-4-2-3-7-22-18/h2-4,7,11-12,17H,5-6,8-10,13-15H2,1H3/t17-/m1/s1. The fourth-order valence-electron chi connectivity index (χ4n) is 4.04. The summed E-state index contributed by atoms with van der Waals surface area (Å²) in [6.07, 6.45) is 8.55. The summed E-state index contributed by atoms with van der Waals surface area (Å²) >= 11 is 0. The van der Waals surface area contributed by atoms with Crippen molar-refractivity contribution in [2.45, 2.75) is 38.3 Å². The molecule has 0 aliphatic carbocycles. The van der Waals surface area contributed by atoms with Crippen molar-refractivity contribution in [3.8, 4) is 5.88 Å². The summed E-state index contributed by atoms with van der Waals surface area (Å²) in [5, 5.41) is 0. The highest BCUT2D eigenvalue weighted by Crippen LogP contribution is 2.38. The molecule has 138 valence electrons. The average Bonchev–Trinajstić information content (AvgIpc) is 2.62. The molecule has 2 aromatic rings. The molecule has 0 bridgehead atoms. The van der Waals surface area contributed by atoms with Crippen molar-refractivity contribution in [3.05, 3.63) is 48.2 Å². The van der Waals surface area contributed by atoms with E-state index in [1.54, 1.807) is 12.4 Å². The normalized spacial score (nSPS) is 22.1. The van der Waals surface area contributed by atoms with Crippen LogP contribution in [0, 0.1) is 12.8 Å². The second-order valence-electron chi connectivity index (χ2n) is 7.49. The second-order valence-corrected chi connectivity index (χ2v) is 7.49. The second kappa shape index (κ2) is 7.68. The maximum atomic E-state index is 6.15. The van der Waals surface area contributed by atoms with Gasteiger partial charge in [0.1, 0.15) is 0 Å². The first-order valence-electron chi connectivity index (χ1n) is 9.38. The topological polar surface area (TPSA) is 60.4 Å². The lowest BCUT2D eigenvalue weighted by molar-refractivity contribution is -0.182. The maximum Gasteiger partial charge on any atom is 0.232 e. The van der Waals surface area contributed by atoms with E-state index in [2.05, 4.69) is 25.9 Å². The van der Waals surface area contributed by atoms with Gasteiger partial charge in [-0.15, -0.1) is 0 Å². The predicted octanol–water partition coefficient (Wildman–Crippen LogP) is 2.63. The third kappa shape index (κ3) is 4.19. The molecule has 0 amide bonds. The average molecular weight is 354 g/mol. The lowest BCUT2D eigenvalue weighted by Gasteiger charge is -2.53. The summed E-state index contributed by atoms with van der Waals surface area (Å²) in [5.74, 6) is 1.27. The lowest BCUT2D eigenvalue weighted by atomic mass is 9.79. The Balaban J connectivity index is 1.22. The SMILES string of the molecule is Cc1cncc(OCC[C@@H]2CCOC3(C2)CN(Cc2ccccn2)C3)n1. The van der Waals surface area contributed by atoms with Crippen LogP contribution < -0.4 is 4.74 Å². The van der Waals surface area contributed by atoms with Crippen LogP contribution in [0.1, 0.15) is 30.7 Å². The zero-order valence-corrected chi connectivity index (χ0v) is 15.3. The van der Waals surface area contributed by atoms with Crippen LogP contribution >= 0.6 is 0 Å². The molecular weight excluding hydrogens is 328 g/mol. The van der Waals surface area contributed by atoms with E-state index in [1.807, 2.05) is 25.3 Å². The Hall–Kier alpha value is -2.05. The zero-order chi connectivity index (χ0) is 17.8. The molecule has 0 radical (unpaired) electrons. The number of aromatic nitrogens is 3. The van der Waals surface area contributed by atoms with Crippen LogP contribution in [0.5, 0.6) is 5.88 Å². The molecule has 26 heavy (non-hydrogen) atoms. The van der Waals surface area contributed by atoms with Crippen molar-refractivity contribution in [3.63, 3.8) is 0 Å². The van der Waals surface area contributed by atoms with Gasteiger partial charge < -0.3 is 9.47 Å². The van der Waals surface area contributed by atoms with E-state index < -0.39 is 0 Å². The minimum absolute atomic E-state index is 0.0425. The van der Waals surface area contributed by atoms with Crippen LogP contribution in [0.25, 0.3) is 0 Å². The van der Waals surface area contributed by atoms with Crippen molar-refractivity contribution in [1.82, 2.24) is 19.9 Å². The molecule has 1 atom stereocenters. The number of hydrogen-bond acceptors (Lipinski definition) is 6. The van der Waals surface area contributed by atoms with Crippen molar-refractivity contribution >= 4 is 0 Å². The van der Waals surface area contributed by atoms with Gasteiger partial charge in [-0.25, -0.2) is 4.98 Å².